The van der Waals surface area contributed by atoms with E-state index in [1.165, 1.54) is 22.3 Å². The van der Waals surface area contributed by atoms with Crippen LogP contribution in [0.15, 0.2) is 73.2 Å². The summed E-state index contributed by atoms with van der Waals surface area (Å²) in [7, 11) is 0. The Bertz CT molecular complexity index is 1080. The highest BCUT2D eigenvalue weighted by molar-refractivity contribution is 9.10. The third kappa shape index (κ3) is 2.72. The third-order valence-corrected chi connectivity index (χ3v) is 4.88. The second-order valence-electron chi connectivity index (χ2n) is 5.00. The molecule has 7 heteroatoms. The molecule has 0 saturated heterocycles. The average molecular weight is 400 g/mol. The minimum Gasteiger partial charge on any atom is -0.464 e. The molecular weight excluding hydrogens is 390 g/mol. The molecule has 0 N–H and O–H groups in total. The first-order valence-electron chi connectivity index (χ1n) is 7.05. The molecule has 3 heterocycles. The van der Waals surface area contributed by atoms with E-state index < -0.39 is 0 Å². The molecule has 0 radical (unpaired) electrons. The van der Waals surface area contributed by atoms with Crippen LogP contribution in [-0.4, -0.2) is 15.9 Å². The van der Waals surface area contributed by atoms with Crippen molar-refractivity contribution in [1.82, 2.24) is 9.66 Å². The zero-order valence-corrected chi connectivity index (χ0v) is 14.6. The first-order valence-corrected chi connectivity index (χ1v) is 8.72. The lowest BCUT2D eigenvalue weighted by atomic mass is 10.2. The van der Waals surface area contributed by atoms with Crippen molar-refractivity contribution in [2.45, 2.75) is 0 Å². The van der Waals surface area contributed by atoms with Crippen molar-refractivity contribution in [2.24, 2.45) is 5.10 Å². The van der Waals surface area contributed by atoms with E-state index >= 15 is 0 Å². The van der Waals surface area contributed by atoms with Gasteiger partial charge in [-0.3, -0.25) is 4.79 Å². The van der Waals surface area contributed by atoms with Gasteiger partial charge in [-0.1, -0.05) is 28.1 Å². The summed E-state index contributed by atoms with van der Waals surface area (Å²) >= 11 is 4.79. The van der Waals surface area contributed by atoms with Gasteiger partial charge in [0, 0.05) is 15.4 Å². The van der Waals surface area contributed by atoms with E-state index in [1.54, 1.807) is 18.5 Å². The monoisotopic (exact) mass is 399 g/mol. The molecule has 0 atom stereocenters. The highest BCUT2D eigenvalue weighted by Gasteiger charge is 2.14. The number of nitrogens with zero attached hydrogens (tertiary/aromatic N) is 3. The Balaban J connectivity index is 1.79. The summed E-state index contributed by atoms with van der Waals surface area (Å²) in [6.07, 6.45) is 4.64. The highest BCUT2D eigenvalue weighted by Crippen LogP contribution is 2.30. The smallest absolute Gasteiger partial charge is 0.283 e. The Labute approximate surface area is 149 Å². The van der Waals surface area contributed by atoms with Gasteiger partial charge in [-0.25, -0.2) is 4.98 Å². The summed E-state index contributed by atoms with van der Waals surface area (Å²) in [5.41, 5.74) is 1.41. The normalized spacial score (nSPS) is 11.5. The van der Waals surface area contributed by atoms with Crippen LogP contribution < -0.4 is 5.56 Å². The predicted molar refractivity (Wildman–Crippen MR) is 98.7 cm³/mol. The second kappa shape index (κ2) is 6.18. The predicted octanol–water partition coefficient (Wildman–Crippen LogP) is 4.36. The molecule has 0 spiro atoms. The zero-order chi connectivity index (χ0) is 16.5. The second-order valence-corrected chi connectivity index (χ2v) is 6.77. The Kier molecular flexibility index (Phi) is 3.87. The van der Waals surface area contributed by atoms with Crippen LogP contribution in [0.1, 0.15) is 5.56 Å². The highest BCUT2D eigenvalue weighted by atomic mass is 79.9. The van der Waals surface area contributed by atoms with Gasteiger partial charge in [-0.05, 0) is 29.8 Å². The van der Waals surface area contributed by atoms with Gasteiger partial charge in [0.15, 0.2) is 0 Å². The largest absolute Gasteiger partial charge is 0.464 e. The van der Waals surface area contributed by atoms with E-state index in [0.29, 0.717) is 16.0 Å². The molecule has 0 amide bonds. The molecule has 0 saturated carbocycles. The van der Waals surface area contributed by atoms with Gasteiger partial charge in [-0.15, -0.1) is 11.3 Å². The van der Waals surface area contributed by atoms with Crippen LogP contribution in [0.3, 0.4) is 0 Å². The molecule has 0 unspecified atom stereocenters. The first-order chi connectivity index (χ1) is 11.7. The maximum atomic E-state index is 12.7. The molecule has 5 nitrogen and oxygen atoms in total. The number of furan rings is 1. The number of aromatic nitrogens is 2. The van der Waals surface area contributed by atoms with Gasteiger partial charge in [-0.2, -0.15) is 9.78 Å². The van der Waals surface area contributed by atoms with E-state index in [4.69, 9.17) is 4.42 Å². The molecule has 3 aromatic heterocycles. The maximum absolute atomic E-state index is 12.7. The number of thiophene rings is 1. The fourth-order valence-electron chi connectivity index (χ4n) is 2.30. The Morgan fingerprint density at radius 2 is 2.08 bits per heavy atom. The molecule has 0 bridgehead atoms. The van der Waals surface area contributed by atoms with Crippen molar-refractivity contribution in [3.8, 4) is 11.3 Å². The topological polar surface area (TPSA) is 60.4 Å². The third-order valence-electron chi connectivity index (χ3n) is 3.47. The first kappa shape index (κ1) is 15.0. The lowest BCUT2D eigenvalue weighted by Crippen LogP contribution is -2.16. The Hall–Kier alpha value is -2.51. The van der Waals surface area contributed by atoms with Crippen LogP contribution in [0.4, 0.5) is 0 Å². The Morgan fingerprint density at radius 1 is 1.25 bits per heavy atom. The summed E-state index contributed by atoms with van der Waals surface area (Å²) in [5.74, 6) is 0.648. The number of hydrogen-bond donors (Lipinski definition) is 0. The summed E-state index contributed by atoms with van der Waals surface area (Å²) in [5, 5.41) is 6.63. The van der Waals surface area contributed by atoms with Gasteiger partial charge in [0.1, 0.15) is 16.9 Å². The molecule has 1 aromatic carbocycles. The van der Waals surface area contributed by atoms with E-state index in [2.05, 4.69) is 26.0 Å². The Morgan fingerprint density at radius 3 is 2.83 bits per heavy atom. The zero-order valence-electron chi connectivity index (χ0n) is 12.2. The minimum absolute atomic E-state index is 0.221. The van der Waals surface area contributed by atoms with Crippen molar-refractivity contribution in [3.63, 3.8) is 0 Å². The average Bonchev–Trinajstić information content (AvgIpc) is 3.25. The number of halogens is 1. The van der Waals surface area contributed by atoms with Gasteiger partial charge >= 0.3 is 0 Å². The van der Waals surface area contributed by atoms with E-state index in [1.807, 2.05) is 35.7 Å². The van der Waals surface area contributed by atoms with Crippen LogP contribution in [0.2, 0.25) is 0 Å². The van der Waals surface area contributed by atoms with Gasteiger partial charge in [0.25, 0.3) is 5.56 Å². The molecule has 4 rings (SSSR count). The summed E-state index contributed by atoms with van der Waals surface area (Å²) < 4.78 is 7.64. The van der Waals surface area contributed by atoms with E-state index in [9.17, 15) is 4.79 Å². The number of rotatable bonds is 3. The van der Waals surface area contributed by atoms with Crippen LogP contribution in [0, 0.1) is 0 Å². The molecule has 118 valence electrons. The maximum Gasteiger partial charge on any atom is 0.283 e. The van der Waals surface area contributed by atoms with Crippen LogP contribution in [0.5, 0.6) is 0 Å². The van der Waals surface area contributed by atoms with Crippen molar-refractivity contribution < 1.29 is 4.42 Å². The molecule has 0 fully saturated rings. The number of fused-ring (bicyclic) bond motifs is 1. The lowest BCUT2D eigenvalue weighted by molar-refractivity contribution is 0.583. The van der Waals surface area contributed by atoms with Crippen molar-refractivity contribution in [1.29, 1.82) is 0 Å². The van der Waals surface area contributed by atoms with Crippen LogP contribution >= 0.6 is 27.3 Å². The molecule has 0 aliphatic rings. The number of hydrogen-bond acceptors (Lipinski definition) is 5. The van der Waals surface area contributed by atoms with Gasteiger partial charge in [0.05, 0.1) is 17.9 Å². The number of benzene rings is 1. The SMILES string of the molecule is O=c1c2c(-c3ccco3)csc2ncn1/N=C\c1ccc(Br)cc1. The van der Waals surface area contributed by atoms with Gasteiger partial charge in [0.2, 0.25) is 0 Å². The van der Waals surface area contributed by atoms with E-state index in [0.717, 1.165) is 15.6 Å². The fraction of sp³-hybridized carbons (Fsp3) is 0. The molecule has 0 aliphatic heterocycles. The summed E-state index contributed by atoms with van der Waals surface area (Å²) in [6.45, 7) is 0. The summed E-state index contributed by atoms with van der Waals surface area (Å²) in [4.78, 5) is 17.7. The molecular formula is C17H10BrN3O2S. The van der Waals surface area contributed by atoms with Crippen molar-refractivity contribution in [3.05, 3.63) is 74.8 Å². The van der Waals surface area contributed by atoms with Crippen molar-refractivity contribution >= 4 is 43.7 Å². The van der Waals surface area contributed by atoms with Crippen molar-refractivity contribution in [2.75, 3.05) is 0 Å². The molecule has 0 aliphatic carbocycles. The minimum atomic E-state index is -0.221. The summed E-state index contributed by atoms with van der Waals surface area (Å²) in [6, 6.07) is 11.3. The molecule has 24 heavy (non-hydrogen) atoms. The van der Waals surface area contributed by atoms with Crippen LogP contribution in [-0.2, 0) is 0 Å². The standard InChI is InChI=1S/C17H10BrN3O2S/c18-12-5-3-11(4-6-12)8-20-21-10-19-16-15(17(21)22)13(9-24-16)14-2-1-7-23-14/h1-10H/b20-8-. The quantitative estimate of drug-likeness (QED) is 0.480. The van der Waals surface area contributed by atoms with E-state index in [-0.39, 0.29) is 5.56 Å². The van der Waals surface area contributed by atoms with Gasteiger partial charge < -0.3 is 4.42 Å². The van der Waals surface area contributed by atoms with Crippen LogP contribution in [0.25, 0.3) is 21.5 Å². The lowest BCUT2D eigenvalue weighted by Gasteiger charge is -1.99. The fourth-order valence-corrected chi connectivity index (χ4v) is 3.45. The molecule has 4 aromatic rings.